The molecule has 1 aromatic carbocycles. The second kappa shape index (κ2) is 9.89. The van der Waals surface area contributed by atoms with Gasteiger partial charge in [-0.2, -0.15) is 10.5 Å². The summed E-state index contributed by atoms with van der Waals surface area (Å²) in [5.41, 5.74) is 6.48. The van der Waals surface area contributed by atoms with Crippen LogP contribution >= 0.6 is 0 Å². The first kappa shape index (κ1) is 22.9. The van der Waals surface area contributed by atoms with Crippen LogP contribution in [0.15, 0.2) is 30.3 Å². The first-order valence-corrected chi connectivity index (χ1v) is 12.3. The molecule has 0 saturated carbocycles. The zero-order valence-corrected chi connectivity index (χ0v) is 19.4. The molecule has 0 aliphatic rings. The molecular weight excluding hydrogens is 384 g/mol. The predicted octanol–water partition coefficient (Wildman–Crippen LogP) is 5.19. The van der Waals surface area contributed by atoms with Crippen LogP contribution in [-0.4, -0.2) is 18.0 Å². The second-order valence-electron chi connectivity index (χ2n) is 8.10. The van der Waals surface area contributed by atoms with E-state index in [9.17, 15) is 10.5 Å². The Morgan fingerprint density at radius 3 is 1.57 bits per heavy atom. The fourth-order valence-electron chi connectivity index (χ4n) is 4.02. The van der Waals surface area contributed by atoms with Gasteiger partial charge in [-0.1, -0.05) is 71.6 Å². The standard InChI is InChI=1S/C25H26N4Si/c1-18(2)30(19(3)4,20(5)6)15-14-23-22(13-12-21-10-8-7-9-11-21)28-24(16-26)25(17-27)29-23/h7-11,18-20H,1-6H3. The van der Waals surface area contributed by atoms with E-state index in [2.05, 4.69) is 74.8 Å². The van der Waals surface area contributed by atoms with Gasteiger partial charge in [-0.3, -0.25) is 0 Å². The SMILES string of the molecule is CC(C)[Si](C#Cc1nc(C#N)c(C#N)nc1C#Cc1ccccc1)(C(C)C)C(C)C. The Balaban J connectivity index is 2.71. The molecule has 2 rings (SSSR count). The predicted molar refractivity (Wildman–Crippen MR) is 122 cm³/mol. The van der Waals surface area contributed by atoms with Gasteiger partial charge in [0, 0.05) is 5.56 Å². The number of benzene rings is 1. The smallest absolute Gasteiger partial charge is 0.178 e. The Morgan fingerprint density at radius 2 is 1.13 bits per heavy atom. The van der Waals surface area contributed by atoms with Crippen molar-refractivity contribution in [2.24, 2.45) is 0 Å². The van der Waals surface area contributed by atoms with Gasteiger partial charge in [0.15, 0.2) is 11.4 Å². The molecule has 0 bridgehead atoms. The second-order valence-corrected chi connectivity index (χ2v) is 13.7. The summed E-state index contributed by atoms with van der Waals surface area (Å²) >= 11 is 0. The van der Waals surface area contributed by atoms with Gasteiger partial charge in [-0.25, -0.2) is 9.97 Å². The summed E-state index contributed by atoms with van der Waals surface area (Å²) in [5.74, 6) is 9.30. The molecule has 5 heteroatoms. The van der Waals surface area contributed by atoms with Gasteiger partial charge in [-0.05, 0) is 34.7 Å². The van der Waals surface area contributed by atoms with E-state index in [1.807, 2.05) is 42.5 Å². The summed E-state index contributed by atoms with van der Waals surface area (Å²) in [6.07, 6.45) is 0. The molecule has 0 spiro atoms. The van der Waals surface area contributed by atoms with Gasteiger partial charge in [-0.15, -0.1) is 5.54 Å². The van der Waals surface area contributed by atoms with E-state index in [1.165, 1.54) is 0 Å². The van der Waals surface area contributed by atoms with Crippen molar-refractivity contribution < 1.29 is 0 Å². The molecule has 30 heavy (non-hydrogen) atoms. The maximum Gasteiger partial charge on any atom is 0.178 e. The number of nitrogens with zero attached hydrogens (tertiary/aromatic N) is 4. The van der Waals surface area contributed by atoms with Gasteiger partial charge >= 0.3 is 0 Å². The van der Waals surface area contributed by atoms with Crippen molar-refractivity contribution in [3.8, 4) is 35.4 Å². The first-order chi connectivity index (χ1) is 14.3. The van der Waals surface area contributed by atoms with Crippen LogP contribution in [-0.2, 0) is 0 Å². The van der Waals surface area contributed by atoms with Crippen LogP contribution in [0.25, 0.3) is 0 Å². The van der Waals surface area contributed by atoms with E-state index >= 15 is 0 Å². The summed E-state index contributed by atoms with van der Waals surface area (Å²) in [6.45, 7) is 13.4. The van der Waals surface area contributed by atoms with Gasteiger partial charge in [0.25, 0.3) is 0 Å². The zero-order chi connectivity index (χ0) is 22.3. The third kappa shape index (κ3) is 4.78. The van der Waals surface area contributed by atoms with E-state index < -0.39 is 8.07 Å². The molecule has 150 valence electrons. The monoisotopic (exact) mass is 410 g/mol. The fourth-order valence-corrected chi connectivity index (χ4v) is 9.22. The van der Waals surface area contributed by atoms with Crippen molar-refractivity contribution in [1.82, 2.24) is 9.97 Å². The molecule has 4 nitrogen and oxygen atoms in total. The molecule has 1 heterocycles. The van der Waals surface area contributed by atoms with Crippen LogP contribution < -0.4 is 0 Å². The Bertz CT molecular complexity index is 1090. The molecule has 2 aromatic rings. The van der Waals surface area contributed by atoms with E-state index in [0.29, 0.717) is 28.0 Å². The van der Waals surface area contributed by atoms with Crippen molar-refractivity contribution in [2.45, 2.75) is 58.2 Å². The number of hydrogen-bond acceptors (Lipinski definition) is 4. The average molecular weight is 411 g/mol. The lowest BCUT2D eigenvalue weighted by Gasteiger charge is -2.38. The van der Waals surface area contributed by atoms with Gasteiger partial charge in [0.1, 0.15) is 31.6 Å². The molecule has 0 radical (unpaired) electrons. The average Bonchev–Trinajstić information content (AvgIpc) is 2.72. The minimum atomic E-state index is -1.99. The summed E-state index contributed by atoms with van der Waals surface area (Å²) in [7, 11) is -1.99. The summed E-state index contributed by atoms with van der Waals surface area (Å²) in [4.78, 5) is 8.66. The molecule has 0 fully saturated rings. The Kier molecular flexibility index (Phi) is 7.55. The largest absolute Gasteiger partial charge is 0.223 e. The van der Waals surface area contributed by atoms with Crippen molar-refractivity contribution in [3.63, 3.8) is 0 Å². The molecule has 0 N–H and O–H groups in total. The van der Waals surface area contributed by atoms with E-state index in [1.54, 1.807) is 0 Å². The van der Waals surface area contributed by atoms with Crippen LogP contribution in [0.1, 0.15) is 69.9 Å². The lowest BCUT2D eigenvalue weighted by Crippen LogP contribution is -2.43. The first-order valence-electron chi connectivity index (χ1n) is 10.1. The third-order valence-electron chi connectivity index (χ3n) is 5.47. The van der Waals surface area contributed by atoms with Crippen LogP contribution in [0.3, 0.4) is 0 Å². The Hall–Kier alpha value is -3.38. The van der Waals surface area contributed by atoms with Crippen LogP contribution in [0.4, 0.5) is 0 Å². The highest BCUT2D eigenvalue weighted by Gasteiger charge is 2.41. The molecule has 0 unspecified atom stereocenters. The number of nitriles is 2. The molecule has 0 amide bonds. The van der Waals surface area contributed by atoms with Crippen LogP contribution in [0, 0.1) is 46.0 Å². The van der Waals surface area contributed by atoms with Crippen molar-refractivity contribution in [3.05, 3.63) is 58.7 Å². The number of rotatable bonds is 3. The maximum atomic E-state index is 9.39. The number of hydrogen-bond donors (Lipinski definition) is 0. The number of aromatic nitrogens is 2. The van der Waals surface area contributed by atoms with Crippen molar-refractivity contribution in [1.29, 1.82) is 10.5 Å². The van der Waals surface area contributed by atoms with Gasteiger partial charge in [0.2, 0.25) is 0 Å². The zero-order valence-electron chi connectivity index (χ0n) is 18.4. The summed E-state index contributed by atoms with van der Waals surface area (Å²) in [6, 6.07) is 13.4. The van der Waals surface area contributed by atoms with Crippen LogP contribution in [0.5, 0.6) is 0 Å². The summed E-state index contributed by atoms with van der Waals surface area (Å²) < 4.78 is 0. The van der Waals surface area contributed by atoms with Crippen molar-refractivity contribution >= 4 is 8.07 Å². The lowest BCUT2D eigenvalue weighted by atomic mass is 10.2. The fraction of sp³-hybridized carbons (Fsp3) is 0.360. The molecule has 0 atom stereocenters. The van der Waals surface area contributed by atoms with Crippen LogP contribution in [0.2, 0.25) is 16.6 Å². The quantitative estimate of drug-likeness (QED) is 0.515. The van der Waals surface area contributed by atoms with E-state index in [0.717, 1.165) is 5.56 Å². The molecule has 0 aliphatic heterocycles. The highest BCUT2D eigenvalue weighted by Crippen LogP contribution is 2.40. The molecule has 1 aromatic heterocycles. The van der Waals surface area contributed by atoms with E-state index in [-0.39, 0.29) is 11.4 Å². The minimum absolute atomic E-state index is 0.0158. The topological polar surface area (TPSA) is 73.4 Å². The highest BCUT2D eigenvalue weighted by atomic mass is 28.3. The van der Waals surface area contributed by atoms with Gasteiger partial charge in [0.05, 0.1) is 0 Å². The van der Waals surface area contributed by atoms with E-state index in [4.69, 9.17) is 0 Å². The Morgan fingerprint density at radius 1 is 0.667 bits per heavy atom. The maximum absolute atomic E-state index is 9.39. The molecule has 0 aliphatic carbocycles. The summed E-state index contributed by atoms with van der Waals surface area (Å²) in [5, 5.41) is 18.7. The highest BCUT2D eigenvalue weighted by molar-refractivity contribution is 6.90. The third-order valence-corrected chi connectivity index (χ3v) is 11.8. The normalized spacial score (nSPS) is 10.6. The lowest BCUT2D eigenvalue weighted by molar-refractivity contribution is 0.838. The van der Waals surface area contributed by atoms with Crippen molar-refractivity contribution in [2.75, 3.05) is 0 Å². The Labute approximate surface area is 181 Å². The molecular formula is C25H26N4Si. The van der Waals surface area contributed by atoms with Gasteiger partial charge < -0.3 is 0 Å². The minimum Gasteiger partial charge on any atom is -0.223 e. The molecule has 0 saturated heterocycles.